The predicted octanol–water partition coefficient (Wildman–Crippen LogP) is 4.34. The quantitative estimate of drug-likeness (QED) is 0.688. The van der Waals surface area contributed by atoms with Gasteiger partial charge in [0.05, 0.1) is 0 Å². The Labute approximate surface area is 130 Å². The van der Waals surface area contributed by atoms with Crippen LogP contribution in [0.15, 0.2) is 65.7 Å². The monoisotopic (exact) mass is 289 g/mol. The summed E-state index contributed by atoms with van der Waals surface area (Å²) in [6.45, 7) is 4.12. The number of benzene rings is 2. The van der Waals surface area contributed by atoms with Gasteiger partial charge in [0.1, 0.15) is 0 Å². The number of aromatic nitrogens is 1. The van der Waals surface area contributed by atoms with E-state index in [1.807, 2.05) is 54.3 Å². The number of rotatable bonds is 2. The molecule has 0 spiro atoms. The van der Waals surface area contributed by atoms with Crippen molar-refractivity contribution in [2.24, 2.45) is 7.05 Å². The molecule has 1 heterocycles. The smallest absolute Gasteiger partial charge is 0.197 e. The summed E-state index contributed by atoms with van der Waals surface area (Å²) in [6, 6.07) is 16.1. The van der Waals surface area contributed by atoms with E-state index in [2.05, 4.69) is 32.0 Å². The predicted molar refractivity (Wildman–Crippen MR) is 92.0 cm³/mol. The number of pyridine rings is 1. The standard InChI is InChI=1S/C20H19NO/c1-14-9-15(2)11-17(10-14)19-13-21(3)12-18(20(19)22)16-7-5-4-6-8-16/h4-13H,1-3H3. The molecule has 0 aliphatic rings. The lowest BCUT2D eigenvalue weighted by Crippen LogP contribution is -2.11. The van der Waals surface area contributed by atoms with Gasteiger partial charge in [-0.15, -0.1) is 0 Å². The second-order valence-corrected chi connectivity index (χ2v) is 5.82. The molecular formula is C20H19NO. The molecule has 2 heteroatoms. The van der Waals surface area contributed by atoms with E-state index < -0.39 is 0 Å². The molecule has 0 amide bonds. The molecule has 0 atom stereocenters. The minimum atomic E-state index is 0.0781. The number of hydrogen-bond donors (Lipinski definition) is 0. The van der Waals surface area contributed by atoms with Gasteiger partial charge in [-0.05, 0) is 25.0 Å². The molecule has 110 valence electrons. The Morgan fingerprint density at radius 2 is 1.32 bits per heavy atom. The Hall–Kier alpha value is -2.61. The Morgan fingerprint density at radius 1 is 0.773 bits per heavy atom. The molecule has 0 radical (unpaired) electrons. The topological polar surface area (TPSA) is 22.0 Å². The maximum atomic E-state index is 12.9. The highest BCUT2D eigenvalue weighted by Gasteiger charge is 2.11. The number of hydrogen-bond acceptors (Lipinski definition) is 1. The molecule has 22 heavy (non-hydrogen) atoms. The van der Waals surface area contributed by atoms with Gasteiger partial charge in [-0.2, -0.15) is 0 Å². The average molecular weight is 289 g/mol. The highest BCUT2D eigenvalue weighted by molar-refractivity contribution is 5.72. The maximum absolute atomic E-state index is 12.9. The molecular weight excluding hydrogens is 270 g/mol. The van der Waals surface area contributed by atoms with E-state index >= 15 is 0 Å². The highest BCUT2D eigenvalue weighted by atomic mass is 16.1. The van der Waals surface area contributed by atoms with Gasteiger partial charge >= 0.3 is 0 Å². The lowest BCUT2D eigenvalue weighted by atomic mass is 9.98. The van der Waals surface area contributed by atoms with Crippen molar-refractivity contribution < 1.29 is 0 Å². The van der Waals surface area contributed by atoms with E-state index in [-0.39, 0.29) is 5.43 Å². The Kier molecular flexibility index (Phi) is 3.68. The minimum absolute atomic E-state index is 0.0781. The average Bonchev–Trinajstić information content (AvgIpc) is 2.49. The lowest BCUT2D eigenvalue weighted by Gasteiger charge is -2.10. The van der Waals surface area contributed by atoms with Gasteiger partial charge in [0, 0.05) is 30.6 Å². The van der Waals surface area contributed by atoms with Crippen LogP contribution in [0.2, 0.25) is 0 Å². The zero-order chi connectivity index (χ0) is 15.7. The second-order valence-electron chi connectivity index (χ2n) is 5.82. The fraction of sp³-hybridized carbons (Fsp3) is 0.150. The molecule has 1 aromatic heterocycles. The van der Waals surface area contributed by atoms with Crippen LogP contribution in [-0.2, 0) is 7.05 Å². The van der Waals surface area contributed by atoms with Crippen molar-refractivity contribution in [3.05, 3.63) is 82.3 Å². The summed E-state index contributed by atoms with van der Waals surface area (Å²) in [5, 5.41) is 0. The molecule has 0 fully saturated rings. The lowest BCUT2D eigenvalue weighted by molar-refractivity contribution is 0.904. The Balaban J connectivity index is 2.26. The van der Waals surface area contributed by atoms with Gasteiger partial charge in [-0.25, -0.2) is 0 Å². The third-order valence-electron chi connectivity index (χ3n) is 3.77. The summed E-state index contributed by atoms with van der Waals surface area (Å²) in [5.41, 5.74) is 5.83. The molecule has 2 aromatic carbocycles. The fourth-order valence-corrected chi connectivity index (χ4v) is 2.87. The molecule has 0 saturated carbocycles. The molecule has 3 aromatic rings. The maximum Gasteiger partial charge on any atom is 0.197 e. The van der Waals surface area contributed by atoms with E-state index in [1.165, 1.54) is 11.1 Å². The first kappa shape index (κ1) is 14.3. The molecule has 0 aliphatic carbocycles. The van der Waals surface area contributed by atoms with Crippen LogP contribution >= 0.6 is 0 Å². The summed E-state index contributed by atoms with van der Waals surface area (Å²) in [7, 11) is 1.96. The summed E-state index contributed by atoms with van der Waals surface area (Å²) in [4.78, 5) is 12.9. The molecule has 2 nitrogen and oxygen atoms in total. The van der Waals surface area contributed by atoms with Crippen LogP contribution in [-0.4, -0.2) is 4.57 Å². The van der Waals surface area contributed by atoms with E-state index in [9.17, 15) is 4.79 Å². The van der Waals surface area contributed by atoms with Gasteiger partial charge in [-0.3, -0.25) is 4.79 Å². The summed E-state index contributed by atoms with van der Waals surface area (Å²) in [5.74, 6) is 0. The molecule has 3 rings (SSSR count). The number of aryl methyl sites for hydroxylation is 3. The summed E-state index contributed by atoms with van der Waals surface area (Å²) >= 11 is 0. The van der Waals surface area contributed by atoms with Crippen molar-refractivity contribution in [3.8, 4) is 22.3 Å². The molecule has 0 bridgehead atoms. The van der Waals surface area contributed by atoms with Crippen molar-refractivity contribution in [2.75, 3.05) is 0 Å². The van der Waals surface area contributed by atoms with Crippen molar-refractivity contribution in [3.63, 3.8) is 0 Å². The van der Waals surface area contributed by atoms with Crippen LogP contribution in [0, 0.1) is 13.8 Å². The highest BCUT2D eigenvalue weighted by Crippen LogP contribution is 2.22. The van der Waals surface area contributed by atoms with E-state index in [0.29, 0.717) is 0 Å². The molecule has 0 saturated heterocycles. The van der Waals surface area contributed by atoms with Gasteiger partial charge in [0.15, 0.2) is 5.43 Å². The third kappa shape index (κ3) is 2.73. The van der Waals surface area contributed by atoms with Gasteiger partial charge in [0.25, 0.3) is 0 Å². The normalized spacial score (nSPS) is 10.7. The SMILES string of the molecule is Cc1cc(C)cc(-c2cn(C)cc(-c3ccccc3)c2=O)c1. The first-order chi connectivity index (χ1) is 10.5. The Bertz CT molecular complexity index is 856. The second kappa shape index (κ2) is 5.64. The van der Waals surface area contributed by atoms with Crippen LogP contribution in [0.3, 0.4) is 0 Å². The van der Waals surface area contributed by atoms with Crippen LogP contribution in [0.1, 0.15) is 11.1 Å². The van der Waals surface area contributed by atoms with Crippen LogP contribution < -0.4 is 5.43 Å². The van der Waals surface area contributed by atoms with E-state index in [0.717, 1.165) is 22.3 Å². The van der Waals surface area contributed by atoms with Crippen molar-refractivity contribution >= 4 is 0 Å². The van der Waals surface area contributed by atoms with Crippen molar-refractivity contribution in [2.45, 2.75) is 13.8 Å². The van der Waals surface area contributed by atoms with Crippen LogP contribution in [0.25, 0.3) is 22.3 Å². The van der Waals surface area contributed by atoms with Gasteiger partial charge in [0.2, 0.25) is 0 Å². The molecule has 0 aliphatic heterocycles. The first-order valence-electron chi connectivity index (χ1n) is 7.39. The molecule has 0 N–H and O–H groups in total. The van der Waals surface area contributed by atoms with Gasteiger partial charge in [-0.1, -0.05) is 59.7 Å². The van der Waals surface area contributed by atoms with E-state index in [1.54, 1.807) is 0 Å². The zero-order valence-electron chi connectivity index (χ0n) is 13.1. The summed E-state index contributed by atoms with van der Waals surface area (Å²) < 4.78 is 1.96. The van der Waals surface area contributed by atoms with Crippen LogP contribution in [0.5, 0.6) is 0 Å². The van der Waals surface area contributed by atoms with Gasteiger partial charge < -0.3 is 4.57 Å². The Morgan fingerprint density at radius 3 is 1.91 bits per heavy atom. The largest absolute Gasteiger partial charge is 0.356 e. The minimum Gasteiger partial charge on any atom is -0.356 e. The van der Waals surface area contributed by atoms with Crippen LogP contribution in [0.4, 0.5) is 0 Å². The van der Waals surface area contributed by atoms with Crippen molar-refractivity contribution in [1.82, 2.24) is 4.57 Å². The van der Waals surface area contributed by atoms with E-state index in [4.69, 9.17) is 0 Å². The molecule has 0 unspecified atom stereocenters. The zero-order valence-corrected chi connectivity index (χ0v) is 13.1. The first-order valence-corrected chi connectivity index (χ1v) is 7.39. The van der Waals surface area contributed by atoms with Crippen molar-refractivity contribution in [1.29, 1.82) is 0 Å². The fourth-order valence-electron chi connectivity index (χ4n) is 2.87. The number of nitrogens with zero attached hydrogens (tertiary/aromatic N) is 1. The third-order valence-corrected chi connectivity index (χ3v) is 3.77. The summed E-state index contributed by atoms with van der Waals surface area (Å²) in [6.07, 6.45) is 3.80.